The molecule has 1 aromatic rings. The van der Waals surface area contributed by atoms with Gasteiger partial charge in [0.25, 0.3) is 0 Å². The van der Waals surface area contributed by atoms with E-state index in [-0.39, 0.29) is 13.2 Å². The lowest BCUT2D eigenvalue weighted by molar-refractivity contribution is -0.139. The molecule has 0 fully saturated rings. The van der Waals surface area contributed by atoms with E-state index in [2.05, 4.69) is 0 Å². The predicted octanol–water partition coefficient (Wildman–Crippen LogP) is 2.27. The van der Waals surface area contributed by atoms with Crippen molar-refractivity contribution >= 4 is 21.6 Å². The van der Waals surface area contributed by atoms with E-state index >= 15 is 0 Å². The lowest BCUT2D eigenvalue weighted by Gasteiger charge is -2.16. The maximum Gasteiger partial charge on any atom is 0.417 e. The Balaban J connectivity index is 3.24. The van der Waals surface area contributed by atoms with Crippen LogP contribution in [0.4, 0.5) is 13.2 Å². The average Bonchev–Trinajstić information content (AvgIpc) is 2.34. The summed E-state index contributed by atoms with van der Waals surface area (Å²) < 4.78 is 64.4. The van der Waals surface area contributed by atoms with Crippen molar-refractivity contribution in [3.8, 4) is 0 Å². The molecule has 4 nitrogen and oxygen atoms in total. The summed E-state index contributed by atoms with van der Waals surface area (Å²) in [5.41, 5.74) is -1.32. The topological polar surface area (TPSA) is 66.4 Å². The molecule has 20 heavy (non-hydrogen) atoms. The minimum absolute atomic E-state index is 0.193. The molecule has 0 amide bonds. The molecule has 0 bridgehead atoms. The van der Waals surface area contributed by atoms with Crippen LogP contribution < -0.4 is 4.72 Å². The number of alkyl halides is 3. The minimum atomic E-state index is -4.84. The number of rotatable bonds is 5. The molecular formula is C11H13ClF3NO3S. The van der Waals surface area contributed by atoms with Gasteiger partial charge in [-0.05, 0) is 18.1 Å². The van der Waals surface area contributed by atoms with E-state index in [4.69, 9.17) is 16.7 Å². The first-order valence-corrected chi connectivity index (χ1v) is 7.42. The lowest BCUT2D eigenvalue weighted by atomic mass is 10.2. The molecule has 0 aliphatic heterocycles. The summed E-state index contributed by atoms with van der Waals surface area (Å²) in [6.45, 7) is 1.05. The molecule has 0 saturated carbocycles. The molecule has 2 N–H and O–H groups in total. The normalized spacial score (nSPS) is 14.3. The standard InChI is InChI=1S/C11H13ClF3NO3S/c1-7(6-17)5-16-20(18,19)10-8(11(13,14)15)3-2-4-9(10)12/h2-4,7,16-17H,5-6H2,1H3. The highest BCUT2D eigenvalue weighted by Crippen LogP contribution is 2.37. The van der Waals surface area contributed by atoms with Crippen molar-refractivity contribution < 1.29 is 26.7 Å². The molecule has 0 aliphatic rings. The van der Waals surface area contributed by atoms with Gasteiger partial charge in [0.1, 0.15) is 4.90 Å². The summed E-state index contributed by atoms with van der Waals surface area (Å²) in [6, 6.07) is 2.75. The Hall–Kier alpha value is -0.830. The summed E-state index contributed by atoms with van der Waals surface area (Å²) >= 11 is 5.60. The Morgan fingerprint density at radius 3 is 2.50 bits per heavy atom. The van der Waals surface area contributed by atoms with Crippen molar-refractivity contribution in [2.24, 2.45) is 5.92 Å². The Labute approximate surface area is 119 Å². The third-order valence-electron chi connectivity index (χ3n) is 2.47. The van der Waals surface area contributed by atoms with Gasteiger partial charge in [-0.3, -0.25) is 0 Å². The van der Waals surface area contributed by atoms with Gasteiger partial charge in [0.05, 0.1) is 10.6 Å². The number of aliphatic hydroxyl groups is 1. The second-order valence-corrected chi connectivity index (χ2v) is 6.36. The first-order valence-electron chi connectivity index (χ1n) is 5.56. The van der Waals surface area contributed by atoms with Crippen LogP contribution in [0.5, 0.6) is 0 Å². The van der Waals surface area contributed by atoms with E-state index in [1.807, 2.05) is 4.72 Å². The molecule has 1 unspecified atom stereocenters. The van der Waals surface area contributed by atoms with Crippen LogP contribution in [-0.2, 0) is 16.2 Å². The molecular weight excluding hydrogens is 319 g/mol. The van der Waals surface area contributed by atoms with Crippen molar-refractivity contribution in [2.45, 2.75) is 18.0 Å². The highest BCUT2D eigenvalue weighted by molar-refractivity contribution is 7.89. The van der Waals surface area contributed by atoms with E-state index < -0.39 is 37.6 Å². The largest absolute Gasteiger partial charge is 0.417 e. The minimum Gasteiger partial charge on any atom is -0.396 e. The molecule has 0 spiro atoms. The molecule has 9 heteroatoms. The maximum absolute atomic E-state index is 12.8. The Kier molecular flexibility index (Phi) is 5.42. The van der Waals surface area contributed by atoms with Crippen molar-refractivity contribution in [3.63, 3.8) is 0 Å². The van der Waals surface area contributed by atoms with Crippen molar-refractivity contribution in [1.29, 1.82) is 0 Å². The smallest absolute Gasteiger partial charge is 0.396 e. The first kappa shape index (κ1) is 17.2. The second-order valence-electron chi connectivity index (χ2n) is 4.25. The Morgan fingerprint density at radius 1 is 1.40 bits per heavy atom. The van der Waals surface area contributed by atoms with Gasteiger partial charge in [-0.2, -0.15) is 13.2 Å². The highest BCUT2D eigenvalue weighted by Gasteiger charge is 2.38. The SMILES string of the molecule is CC(CO)CNS(=O)(=O)c1c(Cl)cccc1C(F)(F)F. The van der Waals surface area contributed by atoms with Gasteiger partial charge in [0.15, 0.2) is 0 Å². The molecule has 0 heterocycles. The van der Waals surface area contributed by atoms with Gasteiger partial charge in [-0.25, -0.2) is 13.1 Å². The fourth-order valence-electron chi connectivity index (χ4n) is 1.39. The van der Waals surface area contributed by atoms with Gasteiger partial charge in [0, 0.05) is 13.2 Å². The molecule has 0 radical (unpaired) electrons. The number of hydrogen-bond donors (Lipinski definition) is 2. The molecule has 1 atom stereocenters. The van der Waals surface area contributed by atoms with Crippen molar-refractivity contribution in [3.05, 3.63) is 28.8 Å². The van der Waals surface area contributed by atoms with Gasteiger partial charge < -0.3 is 5.11 Å². The zero-order chi connectivity index (χ0) is 15.6. The fourth-order valence-corrected chi connectivity index (χ4v) is 3.32. The average molecular weight is 332 g/mol. The summed E-state index contributed by atoms with van der Waals surface area (Å²) in [5, 5.41) is 8.29. The van der Waals surface area contributed by atoms with Gasteiger partial charge in [-0.15, -0.1) is 0 Å². The van der Waals surface area contributed by atoms with Crippen LogP contribution in [0.2, 0.25) is 5.02 Å². The second kappa shape index (κ2) is 6.30. The molecule has 0 aromatic heterocycles. The van der Waals surface area contributed by atoms with Gasteiger partial charge in [-0.1, -0.05) is 24.6 Å². The molecule has 0 aliphatic carbocycles. The predicted molar refractivity (Wildman–Crippen MR) is 67.9 cm³/mol. The number of aliphatic hydroxyl groups excluding tert-OH is 1. The monoisotopic (exact) mass is 331 g/mol. The number of benzene rings is 1. The number of nitrogens with one attached hydrogen (secondary N) is 1. The Morgan fingerprint density at radius 2 is 2.00 bits per heavy atom. The molecule has 1 rings (SSSR count). The molecule has 114 valence electrons. The third kappa shape index (κ3) is 4.08. The number of sulfonamides is 1. The van der Waals surface area contributed by atoms with E-state index in [1.54, 1.807) is 6.92 Å². The van der Waals surface area contributed by atoms with Crippen LogP contribution in [0.25, 0.3) is 0 Å². The van der Waals surface area contributed by atoms with Crippen LogP contribution in [0.15, 0.2) is 23.1 Å². The molecule has 0 saturated heterocycles. The zero-order valence-corrected chi connectivity index (χ0v) is 12.0. The highest BCUT2D eigenvalue weighted by atomic mass is 35.5. The molecule has 1 aromatic carbocycles. The van der Waals surface area contributed by atoms with Crippen LogP contribution in [-0.4, -0.2) is 26.7 Å². The van der Waals surface area contributed by atoms with E-state index in [9.17, 15) is 21.6 Å². The quantitative estimate of drug-likeness (QED) is 0.869. The summed E-state index contributed by atoms with van der Waals surface area (Å²) in [4.78, 5) is -1.00. The van der Waals surface area contributed by atoms with E-state index in [0.29, 0.717) is 6.07 Å². The first-order chi connectivity index (χ1) is 9.09. The van der Waals surface area contributed by atoms with Crippen LogP contribution in [0.1, 0.15) is 12.5 Å². The summed E-state index contributed by atoms with van der Waals surface area (Å²) in [5.74, 6) is -0.429. The fraction of sp³-hybridized carbons (Fsp3) is 0.455. The van der Waals surface area contributed by atoms with E-state index in [0.717, 1.165) is 12.1 Å². The van der Waals surface area contributed by atoms with Crippen LogP contribution in [0, 0.1) is 5.92 Å². The summed E-state index contributed by atoms with van der Waals surface area (Å²) in [7, 11) is -4.42. The van der Waals surface area contributed by atoms with E-state index in [1.165, 1.54) is 0 Å². The third-order valence-corrected chi connectivity index (χ3v) is 4.43. The zero-order valence-electron chi connectivity index (χ0n) is 10.4. The summed E-state index contributed by atoms with van der Waals surface area (Å²) in [6.07, 6.45) is -4.84. The lowest BCUT2D eigenvalue weighted by Crippen LogP contribution is -2.31. The van der Waals surface area contributed by atoms with Crippen molar-refractivity contribution in [1.82, 2.24) is 4.72 Å². The maximum atomic E-state index is 12.8. The van der Waals surface area contributed by atoms with Crippen LogP contribution in [0.3, 0.4) is 0 Å². The number of hydrogen-bond acceptors (Lipinski definition) is 3. The van der Waals surface area contributed by atoms with Gasteiger partial charge >= 0.3 is 6.18 Å². The van der Waals surface area contributed by atoms with Crippen molar-refractivity contribution in [2.75, 3.05) is 13.2 Å². The Bertz CT molecular complexity index is 575. The number of halogens is 4. The van der Waals surface area contributed by atoms with Crippen LogP contribution >= 0.6 is 11.6 Å². The van der Waals surface area contributed by atoms with Gasteiger partial charge in [0.2, 0.25) is 10.0 Å².